The van der Waals surface area contributed by atoms with Crippen molar-refractivity contribution < 1.29 is 23.8 Å². The lowest BCUT2D eigenvalue weighted by atomic mass is 10.1. The highest BCUT2D eigenvalue weighted by atomic mass is 16.5. The number of methoxy groups -OCH3 is 3. The van der Waals surface area contributed by atoms with Gasteiger partial charge in [0.2, 0.25) is 5.91 Å². The Morgan fingerprint density at radius 2 is 1.67 bits per heavy atom. The molecule has 0 aromatic heterocycles. The maximum absolute atomic E-state index is 12.7. The quantitative estimate of drug-likeness (QED) is 0.721. The molecule has 1 heterocycles. The van der Waals surface area contributed by atoms with Crippen LogP contribution in [0.2, 0.25) is 0 Å². The summed E-state index contributed by atoms with van der Waals surface area (Å²) in [4.78, 5) is 24.9. The van der Waals surface area contributed by atoms with E-state index in [9.17, 15) is 9.59 Å². The number of hydrogen-bond acceptors (Lipinski definition) is 6. The zero-order chi connectivity index (χ0) is 21.5. The summed E-state index contributed by atoms with van der Waals surface area (Å²) in [5.74, 6) is 1.22. The van der Waals surface area contributed by atoms with Crippen molar-refractivity contribution in [1.29, 1.82) is 0 Å². The average molecular weight is 411 g/mol. The number of ether oxygens (including phenoxy) is 3. The molecule has 0 saturated heterocycles. The summed E-state index contributed by atoms with van der Waals surface area (Å²) >= 11 is 0. The molecule has 2 amide bonds. The number of nitrogens with one attached hydrogen (secondary N) is 1. The normalized spacial score (nSPS) is 13.5. The Labute approximate surface area is 175 Å². The fourth-order valence-corrected chi connectivity index (χ4v) is 3.15. The van der Waals surface area contributed by atoms with Crippen LogP contribution in [0.25, 0.3) is 0 Å². The Bertz CT molecular complexity index is 943. The van der Waals surface area contributed by atoms with E-state index < -0.39 is 0 Å². The lowest BCUT2D eigenvalue weighted by Crippen LogP contribution is -2.38. The molecule has 0 radical (unpaired) electrons. The first kappa shape index (κ1) is 21.2. The maximum atomic E-state index is 12.7. The molecule has 0 aliphatic carbocycles. The van der Waals surface area contributed by atoms with E-state index in [-0.39, 0.29) is 24.8 Å². The first-order valence-electron chi connectivity index (χ1n) is 9.54. The SMILES string of the molecule is COc1cc(OC)c(OC)cc1CNC(=O)C1=NN(Cc2ccccc2)C(=O)CC1. The van der Waals surface area contributed by atoms with Crippen LogP contribution in [0.15, 0.2) is 47.6 Å². The van der Waals surface area contributed by atoms with Crippen LogP contribution in [-0.4, -0.2) is 43.9 Å². The summed E-state index contributed by atoms with van der Waals surface area (Å²) < 4.78 is 16.0. The number of carbonyl (C=O) groups is 2. The largest absolute Gasteiger partial charge is 0.496 e. The molecule has 2 aromatic rings. The summed E-state index contributed by atoms with van der Waals surface area (Å²) in [6.07, 6.45) is 0.553. The molecule has 158 valence electrons. The summed E-state index contributed by atoms with van der Waals surface area (Å²) in [6, 6.07) is 13.0. The van der Waals surface area contributed by atoms with Crippen molar-refractivity contribution >= 4 is 17.5 Å². The van der Waals surface area contributed by atoms with Gasteiger partial charge in [0.05, 0.1) is 27.9 Å². The average Bonchev–Trinajstić information content (AvgIpc) is 2.78. The molecule has 0 atom stereocenters. The van der Waals surface area contributed by atoms with E-state index in [0.717, 1.165) is 11.1 Å². The number of hydrogen-bond donors (Lipinski definition) is 1. The molecular formula is C22H25N3O5. The molecule has 8 heteroatoms. The molecule has 0 fully saturated rings. The molecule has 0 spiro atoms. The molecule has 0 bridgehead atoms. The van der Waals surface area contributed by atoms with Gasteiger partial charge in [0, 0.05) is 31.0 Å². The number of rotatable bonds is 8. The van der Waals surface area contributed by atoms with Gasteiger partial charge in [0.15, 0.2) is 11.5 Å². The van der Waals surface area contributed by atoms with E-state index in [4.69, 9.17) is 14.2 Å². The predicted molar refractivity (Wildman–Crippen MR) is 112 cm³/mol. The maximum Gasteiger partial charge on any atom is 0.267 e. The molecular weight excluding hydrogens is 386 g/mol. The van der Waals surface area contributed by atoms with Gasteiger partial charge < -0.3 is 19.5 Å². The van der Waals surface area contributed by atoms with E-state index in [2.05, 4.69) is 10.4 Å². The van der Waals surface area contributed by atoms with Crippen LogP contribution in [0, 0.1) is 0 Å². The first-order chi connectivity index (χ1) is 14.5. The standard InChI is InChI=1S/C22H25N3O5/c1-28-18-12-20(30-3)19(29-2)11-16(18)13-23-22(27)17-9-10-21(26)25(24-17)14-15-7-5-4-6-8-15/h4-8,11-12H,9-10,13-14H2,1-3H3,(H,23,27). The van der Waals surface area contributed by atoms with Crippen molar-refractivity contribution in [2.75, 3.05) is 21.3 Å². The van der Waals surface area contributed by atoms with Gasteiger partial charge in [-0.25, -0.2) is 5.01 Å². The number of hydrazone groups is 1. The lowest BCUT2D eigenvalue weighted by Gasteiger charge is -2.23. The minimum atomic E-state index is -0.322. The van der Waals surface area contributed by atoms with Crippen molar-refractivity contribution in [3.05, 3.63) is 53.6 Å². The Morgan fingerprint density at radius 1 is 1.00 bits per heavy atom. The third-order valence-corrected chi connectivity index (χ3v) is 4.77. The molecule has 3 rings (SSSR count). The number of carbonyl (C=O) groups excluding carboxylic acids is 2. The number of nitrogens with zero attached hydrogens (tertiary/aromatic N) is 2. The van der Waals surface area contributed by atoms with E-state index in [0.29, 0.717) is 35.9 Å². The molecule has 0 unspecified atom stereocenters. The number of amides is 2. The molecule has 8 nitrogen and oxygen atoms in total. The monoisotopic (exact) mass is 411 g/mol. The van der Waals surface area contributed by atoms with Gasteiger partial charge in [-0.1, -0.05) is 30.3 Å². The summed E-state index contributed by atoms with van der Waals surface area (Å²) in [7, 11) is 4.63. The highest BCUT2D eigenvalue weighted by Gasteiger charge is 2.24. The van der Waals surface area contributed by atoms with Crippen molar-refractivity contribution in [3.8, 4) is 17.2 Å². The predicted octanol–water partition coefficient (Wildman–Crippen LogP) is 2.51. The second-order valence-corrected chi connectivity index (χ2v) is 6.69. The fourth-order valence-electron chi connectivity index (χ4n) is 3.15. The zero-order valence-corrected chi connectivity index (χ0v) is 17.3. The van der Waals surface area contributed by atoms with Crippen molar-refractivity contribution in [2.24, 2.45) is 5.10 Å². The second-order valence-electron chi connectivity index (χ2n) is 6.69. The van der Waals surface area contributed by atoms with Gasteiger partial charge >= 0.3 is 0 Å². The van der Waals surface area contributed by atoms with Gasteiger partial charge in [-0.2, -0.15) is 5.10 Å². The highest BCUT2D eigenvalue weighted by Crippen LogP contribution is 2.34. The van der Waals surface area contributed by atoms with Crippen molar-refractivity contribution in [2.45, 2.75) is 25.9 Å². The molecule has 1 N–H and O–H groups in total. The zero-order valence-electron chi connectivity index (χ0n) is 17.3. The van der Waals surface area contributed by atoms with Gasteiger partial charge in [0.25, 0.3) is 5.91 Å². The summed E-state index contributed by atoms with van der Waals surface area (Å²) in [6.45, 7) is 0.550. The van der Waals surface area contributed by atoms with Crippen molar-refractivity contribution in [1.82, 2.24) is 10.3 Å². The van der Waals surface area contributed by atoms with Gasteiger partial charge in [-0.15, -0.1) is 0 Å². The first-order valence-corrected chi connectivity index (χ1v) is 9.54. The minimum absolute atomic E-state index is 0.100. The second kappa shape index (κ2) is 9.78. The fraction of sp³-hybridized carbons (Fsp3) is 0.318. The van der Waals surface area contributed by atoms with Crippen LogP contribution in [0.3, 0.4) is 0 Å². The van der Waals surface area contributed by atoms with Gasteiger partial charge in [0.1, 0.15) is 11.5 Å². The van der Waals surface area contributed by atoms with Crippen LogP contribution in [0.5, 0.6) is 17.2 Å². The van der Waals surface area contributed by atoms with E-state index >= 15 is 0 Å². The third kappa shape index (κ3) is 4.89. The molecule has 0 saturated carbocycles. The molecule has 2 aromatic carbocycles. The molecule has 30 heavy (non-hydrogen) atoms. The minimum Gasteiger partial charge on any atom is -0.496 e. The molecule has 1 aliphatic rings. The van der Waals surface area contributed by atoms with E-state index in [1.165, 1.54) is 5.01 Å². The summed E-state index contributed by atoms with van der Waals surface area (Å²) in [5.41, 5.74) is 2.01. The van der Waals surface area contributed by atoms with E-state index in [1.54, 1.807) is 33.5 Å². The highest BCUT2D eigenvalue weighted by molar-refractivity contribution is 6.39. The molecule has 1 aliphatic heterocycles. The Kier molecular flexibility index (Phi) is 6.90. The Morgan fingerprint density at radius 3 is 2.33 bits per heavy atom. The van der Waals surface area contributed by atoms with Gasteiger partial charge in [-0.05, 0) is 11.6 Å². The Hall–Kier alpha value is -3.55. The topological polar surface area (TPSA) is 89.5 Å². The van der Waals surface area contributed by atoms with Crippen LogP contribution in [0.4, 0.5) is 0 Å². The lowest BCUT2D eigenvalue weighted by molar-refractivity contribution is -0.132. The van der Waals surface area contributed by atoms with Crippen LogP contribution >= 0.6 is 0 Å². The third-order valence-electron chi connectivity index (χ3n) is 4.77. The van der Waals surface area contributed by atoms with Crippen LogP contribution in [-0.2, 0) is 22.7 Å². The Balaban J connectivity index is 1.71. The summed E-state index contributed by atoms with van der Waals surface area (Å²) in [5, 5.41) is 8.49. The van der Waals surface area contributed by atoms with Crippen LogP contribution < -0.4 is 19.5 Å². The number of benzene rings is 2. The van der Waals surface area contributed by atoms with E-state index in [1.807, 2.05) is 30.3 Å². The van der Waals surface area contributed by atoms with Gasteiger partial charge in [-0.3, -0.25) is 9.59 Å². The van der Waals surface area contributed by atoms with Crippen molar-refractivity contribution in [3.63, 3.8) is 0 Å². The smallest absolute Gasteiger partial charge is 0.267 e. The van der Waals surface area contributed by atoms with Crippen LogP contribution in [0.1, 0.15) is 24.0 Å².